The van der Waals surface area contributed by atoms with Crippen molar-refractivity contribution in [3.05, 3.63) is 65.1 Å². The first-order valence-electron chi connectivity index (χ1n) is 8.71. The van der Waals surface area contributed by atoms with Crippen molar-refractivity contribution in [1.29, 1.82) is 0 Å². The molecule has 0 saturated carbocycles. The van der Waals surface area contributed by atoms with E-state index in [1.165, 1.54) is 11.1 Å². The number of rotatable bonds is 6. The molecule has 2 aromatic heterocycles. The normalized spacial score (nSPS) is 10.7. The number of nitrogens with zero attached hydrogens (tertiary/aromatic N) is 4. The van der Waals surface area contributed by atoms with Crippen LogP contribution in [0.5, 0.6) is 0 Å². The highest BCUT2D eigenvalue weighted by Gasteiger charge is 2.07. The predicted octanol–water partition coefficient (Wildman–Crippen LogP) is 3.25. The van der Waals surface area contributed by atoms with Crippen LogP contribution < -0.4 is 10.6 Å². The van der Waals surface area contributed by atoms with Crippen LogP contribution in [0.1, 0.15) is 29.3 Å². The van der Waals surface area contributed by atoms with Crippen molar-refractivity contribution in [3.63, 3.8) is 0 Å². The second-order valence-corrected chi connectivity index (χ2v) is 6.61. The second-order valence-electron chi connectivity index (χ2n) is 6.20. The van der Waals surface area contributed by atoms with Gasteiger partial charge in [0.05, 0.1) is 12.7 Å². The van der Waals surface area contributed by atoms with Gasteiger partial charge >= 0.3 is 0 Å². The minimum atomic E-state index is 0.551. The van der Waals surface area contributed by atoms with Crippen LogP contribution in [-0.4, -0.2) is 24.7 Å². The van der Waals surface area contributed by atoms with Crippen LogP contribution in [0.3, 0.4) is 0 Å². The lowest BCUT2D eigenvalue weighted by Crippen LogP contribution is -2.28. The van der Waals surface area contributed by atoms with Gasteiger partial charge in [0.25, 0.3) is 0 Å². The molecule has 0 amide bonds. The molecule has 1 aromatic carbocycles. The minimum absolute atomic E-state index is 0.551. The molecule has 0 aliphatic carbocycles. The van der Waals surface area contributed by atoms with Crippen LogP contribution in [-0.2, 0) is 19.6 Å². The van der Waals surface area contributed by atoms with E-state index in [1.54, 1.807) is 0 Å². The summed E-state index contributed by atoms with van der Waals surface area (Å²) >= 11 is 5.37. The van der Waals surface area contributed by atoms with E-state index in [4.69, 9.17) is 12.2 Å². The molecule has 0 fully saturated rings. The molecule has 0 spiro atoms. The number of aryl methyl sites for hydroxylation is 2. The third-order valence-electron chi connectivity index (χ3n) is 4.42. The topological polar surface area (TPSA) is 59.7 Å². The average Bonchev–Trinajstić information content (AvgIpc) is 3.21. The maximum Gasteiger partial charge on any atom is 0.172 e. The molecule has 0 aliphatic rings. The van der Waals surface area contributed by atoms with Crippen LogP contribution in [0.2, 0.25) is 0 Å². The number of nitrogens with one attached hydrogen (secondary N) is 2. The van der Waals surface area contributed by atoms with Crippen molar-refractivity contribution in [2.75, 3.05) is 5.32 Å². The van der Waals surface area contributed by atoms with Crippen LogP contribution >= 0.6 is 12.2 Å². The molecule has 2 N–H and O–H groups in total. The first-order chi connectivity index (χ1) is 12.6. The summed E-state index contributed by atoms with van der Waals surface area (Å²) in [7, 11) is 0. The Morgan fingerprint density at radius 2 is 1.96 bits per heavy atom. The molecule has 26 heavy (non-hydrogen) atoms. The number of hydrogen-bond acceptors (Lipinski definition) is 3. The highest BCUT2D eigenvalue weighted by atomic mass is 32.1. The highest BCUT2D eigenvalue weighted by molar-refractivity contribution is 7.80. The SMILES string of the molecule is CCn1ncc(CNC(=S)Nc2ccn(Cc3ccccc3C)n2)c1C. The smallest absolute Gasteiger partial charge is 0.172 e. The Hall–Kier alpha value is -2.67. The van der Waals surface area contributed by atoms with Crippen LogP contribution in [0, 0.1) is 13.8 Å². The van der Waals surface area contributed by atoms with Gasteiger partial charge in [0.15, 0.2) is 10.9 Å². The third kappa shape index (κ3) is 4.29. The van der Waals surface area contributed by atoms with Gasteiger partial charge in [0.2, 0.25) is 0 Å². The van der Waals surface area contributed by atoms with Gasteiger partial charge in [0.1, 0.15) is 0 Å². The molecule has 0 bridgehead atoms. The largest absolute Gasteiger partial charge is 0.358 e. The lowest BCUT2D eigenvalue weighted by molar-refractivity contribution is 0.638. The minimum Gasteiger partial charge on any atom is -0.358 e. The van der Waals surface area contributed by atoms with Crippen LogP contribution in [0.15, 0.2) is 42.7 Å². The molecule has 7 heteroatoms. The molecule has 0 unspecified atom stereocenters. The summed E-state index contributed by atoms with van der Waals surface area (Å²) in [5.74, 6) is 0.733. The molecule has 2 heterocycles. The molecule has 0 radical (unpaired) electrons. The molecule has 0 aliphatic heterocycles. The summed E-state index contributed by atoms with van der Waals surface area (Å²) in [6.07, 6.45) is 3.83. The Morgan fingerprint density at radius 3 is 2.69 bits per heavy atom. The fourth-order valence-corrected chi connectivity index (χ4v) is 2.97. The number of benzene rings is 1. The predicted molar refractivity (Wildman–Crippen MR) is 108 cm³/mol. The van der Waals surface area contributed by atoms with E-state index < -0.39 is 0 Å². The molecule has 0 atom stereocenters. The Balaban J connectivity index is 1.54. The quantitative estimate of drug-likeness (QED) is 0.654. The zero-order valence-corrected chi connectivity index (χ0v) is 16.2. The number of anilines is 1. The maximum atomic E-state index is 5.37. The van der Waals surface area contributed by atoms with E-state index in [0.29, 0.717) is 11.7 Å². The van der Waals surface area contributed by atoms with E-state index >= 15 is 0 Å². The Labute approximate surface area is 159 Å². The zero-order chi connectivity index (χ0) is 18.5. The molecule has 3 rings (SSSR count). The first kappa shape index (κ1) is 18.1. The molecule has 0 saturated heterocycles. The first-order valence-corrected chi connectivity index (χ1v) is 9.11. The fraction of sp³-hybridized carbons (Fsp3) is 0.316. The van der Waals surface area contributed by atoms with Gasteiger partial charge in [-0.2, -0.15) is 10.2 Å². The average molecular weight is 369 g/mol. The van der Waals surface area contributed by atoms with Gasteiger partial charge in [-0.1, -0.05) is 24.3 Å². The zero-order valence-electron chi connectivity index (χ0n) is 15.4. The standard InChI is InChI=1S/C19H24N6S/c1-4-25-15(3)17(12-21-25)11-20-19(26)22-18-9-10-24(23-18)13-16-8-6-5-7-14(16)2/h5-10,12H,4,11,13H2,1-3H3,(H2,20,22,23,26). The Kier molecular flexibility index (Phi) is 5.68. The van der Waals surface area contributed by atoms with Gasteiger partial charge in [0, 0.05) is 36.6 Å². The number of aromatic nitrogens is 4. The van der Waals surface area contributed by atoms with E-state index in [-0.39, 0.29) is 0 Å². The van der Waals surface area contributed by atoms with Gasteiger partial charge in [-0.25, -0.2) is 0 Å². The molecular formula is C19H24N6S. The maximum absolute atomic E-state index is 5.37. The number of hydrogen-bond donors (Lipinski definition) is 2. The van der Waals surface area contributed by atoms with Gasteiger partial charge in [-0.05, 0) is 44.1 Å². The molecular weight excluding hydrogens is 344 g/mol. The van der Waals surface area contributed by atoms with Crippen LogP contribution in [0.4, 0.5) is 5.82 Å². The summed E-state index contributed by atoms with van der Waals surface area (Å²) in [5.41, 5.74) is 4.82. The van der Waals surface area contributed by atoms with Crippen LogP contribution in [0.25, 0.3) is 0 Å². The van der Waals surface area contributed by atoms with E-state index in [0.717, 1.165) is 30.2 Å². The van der Waals surface area contributed by atoms with E-state index in [9.17, 15) is 0 Å². The van der Waals surface area contributed by atoms with Crippen molar-refractivity contribution >= 4 is 23.1 Å². The lowest BCUT2D eigenvalue weighted by Gasteiger charge is -2.09. The monoisotopic (exact) mass is 368 g/mol. The number of thiocarbonyl (C=S) groups is 1. The highest BCUT2D eigenvalue weighted by Crippen LogP contribution is 2.11. The van der Waals surface area contributed by atoms with Crippen molar-refractivity contribution in [2.24, 2.45) is 0 Å². The summed E-state index contributed by atoms with van der Waals surface area (Å²) in [5, 5.41) is 15.8. The third-order valence-corrected chi connectivity index (χ3v) is 4.67. The molecule has 6 nitrogen and oxygen atoms in total. The lowest BCUT2D eigenvalue weighted by atomic mass is 10.1. The Bertz CT molecular complexity index is 895. The summed E-state index contributed by atoms with van der Waals surface area (Å²) in [4.78, 5) is 0. The summed E-state index contributed by atoms with van der Waals surface area (Å²) in [6, 6.07) is 10.2. The van der Waals surface area contributed by atoms with Gasteiger partial charge in [-0.15, -0.1) is 0 Å². The van der Waals surface area contributed by atoms with Crippen molar-refractivity contribution in [2.45, 2.75) is 40.4 Å². The van der Waals surface area contributed by atoms with Gasteiger partial charge in [-0.3, -0.25) is 9.36 Å². The molecule has 136 valence electrons. The van der Waals surface area contributed by atoms with Gasteiger partial charge < -0.3 is 10.6 Å². The molecule has 3 aromatic rings. The van der Waals surface area contributed by atoms with E-state index in [2.05, 4.69) is 53.7 Å². The van der Waals surface area contributed by atoms with Crippen molar-refractivity contribution < 1.29 is 0 Å². The van der Waals surface area contributed by atoms with Crippen molar-refractivity contribution in [1.82, 2.24) is 24.9 Å². The summed E-state index contributed by atoms with van der Waals surface area (Å²) in [6.45, 7) is 8.51. The van der Waals surface area contributed by atoms with E-state index in [1.807, 2.05) is 40.0 Å². The Morgan fingerprint density at radius 1 is 1.15 bits per heavy atom. The fourth-order valence-electron chi connectivity index (χ4n) is 2.79. The van der Waals surface area contributed by atoms with Crippen molar-refractivity contribution in [3.8, 4) is 0 Å². The second kappa shape index (κ2) is 8.14. The summed E-state index contributed by atoms with van der Waals surface area (Å²) < 4.78 is 3.88.